The summed E-state index contributed by atoms with van der Waals surface area (Å²) in [6.07, 6.45) is 3.53. The highest BCUT2D eigenvalue weighted by atomic mass is 35.5. The fraction of sp³-hybridized carbons (Fsp3) is 0.238. The Morgan fingerprint density at radius 1 is 0.520 bits per heavy atom. The molecule has 0 atom stereocenters. The lowest BCUT2D eigenvalue weighted by Crippen LogP contribution is -2.42. The number of rotatable bonds is 7. The van der Waals surface area contributed by atoms with Gasteiger partial charge in [0.25, 0.3) is 11.8 Å². The zero-order valence-corrected chi connectivity index (χ0v) is 30.7. The van der Waals surface area contributed by atoms with Crippen LogP contribution in [0.4, 0.5) is 0 Å². The van der Waals surface area contributed by atoms with E-state index in [0.717, 1.165) is 22.3 Å². The van der Waals surface area contributed by atoms with E-state index in [-0.39, 0.29) is 35.7 Å². The van der Waals surface area contributed by atoms with Gasteiger partial charge in [-0.2, -0.15) is 0 Å². The SMILES string of the molecule is CC(C)(C)c1ccc(C2=N/C(=C\c3ccc(Cl)cc3)C(=O)N2CCN2C(=O)/C(=C\c3ccc(Cl)cc3)N=C2c2ccc(C(C)(C)C)cc2)cc1. The Hall–Kier alpha value is -4.78. The van der Waals surface area contributed by atoms with Gasteiger partial charge in [0, 0.05) is 34.3 Å². The van der Waals surface area contributed by atoms with Crippen LogP contribution in [0.25, 0.3) is 12.2 Å². The van der Waals surface area contributed by atoms with E-state index >= 15 is 0 Å². The van der Waals surface area contributed by atoms with Gasteiger partial charge in [-0.05, 0) is 69.5 Å². The second-order valence-corrected chi connectivity index (χ2v) is 15.5. The molecule has 0 fully saturated rings. The summed E-state index contributed by atoms with van der Waals surface area (Å²) in [6, 6.07) is 30.8. The predicted octanol–water partition coefficient (Wildman–Crippen LogP) is 9.55. The summed E-state index contributed by atoms with van der Waals surface area (Å²) in [7, 11) is 0. The minimum atomic E-state index is -0.244. The number of hydrogen-bond acceptors (Lipinski definition) is 4. The summed E-state index contributed by atoms with van der Waals surface area (Å²) < 4.78 is 0. The molecule has 6 rings (SSSR count). The molecule has 0 N–H and O–H groups in total. The van der Waals surface area contributed by atoms with Crippen LogP contribution in [0, 0.1) is 0 Å². The number of carbonyl (C=O) groups is 2. The van der Waals surface area contributed by atoms with Crippen LogP contribution in [0.2, 0.25) is 10.0 Å². The average Bonchev–Trinajstić information content (AvgIpc) is 3.56. The van der Waals surface area contributed by atoms with Gasteiger partial charge < -0.3 is 0 Å². The van der Waals surface area contributed by atoms with E-state index in [1.165, 1.54) is 11.1 Å². The first kappa shape index (κ1) is 35.1. The van der Waals surface area contributed by atoms with Crippen molar-refractivity contribution in [1.82, 2.24) is 9.80 Å². The van der Waals surface area contributed by atoms with E-state index in [0.29, 0.717) is 33.1 Å². The van der Waals surface area contributed by atoms with E-state index in [1.54, 1.807) is 46.2 Å². The van der Waals surface area contributed by atoms with Crippen molar-refractivity contribution in [3.63, 3.8) is 0 Å². The zero-order chi connectivity index (χ0) is 35.8. The highest BCUT2D eigenvalue weighted by Crippen LogP contribution is 2.29. The topological polar surface area (TPSA) is 65.3 Å². The van der Waals surface area contributed by atoms with Crippen molar-refractivity contribution in [3.8, 4) is 0 Å². The van der Waals surface area contributed by atoms with Gasteiger partial charge in [-0.15, -0.1) is 0 Å². The maximum Gasteiger partial charge on any atom is 0.278 e. The fourth-order valence-corrected chi connectivity index (χ4v) is 6.08. The van der Waals surface area contributed by atoms with Crippen LogP contribution in [0.3, 0.4) is 0 Å². The van der Waals surface area contributed by atoms with Crippen molar-refractivity contribution in [2.24, 2.45) is 9.98 Å². The van der Waals surface area contributed by atoms with Crippen LogP contribution in [-0.2, 0) is 20.4 Å². The smallest absolute Gasteiger partial charge is 0.278 e. The van der Waals surface area contributed by atoms with Crippen LogP contribution < -0.4 is 0 Å². The molecule has 0 saturated carbocycles. The lowest BCUT2D eigenvalue weighted by atomic mass is 9.86. The number of halogens is 2. The molecule has 2 heterocycles. The molecular formula is C42H40Cl2N4O2. The standard InChI is InChI=1S/C42H40Cl2N4O2/c1-41(2,3)31-15-11-29(12-16-31)37-45-35(25-27-7-19-33(43)20-8-27)39(49)47(37)23-24-48-38(30-13-17-32(18-14-30)42(4,5)6)46-36(40(48)50)26-28-9-21-34(44)22-10-28/h7-22,25-26H,23-24H2,1-6H3/b35-25-,36-26+. The van der Waals surface area contributed by atoms with Gasteiger partial charge in [0.1, 0.15) is 23.1 Å². The number of carbonyl (C=O) groups excluding carboxylic acids is 2. The summed E-state index contributed by atoms with van der Waals surface area (Å²) in [4.78, 5) is 41.1. The Morgan fingerprint density at radius 3 is 1.14 bits per heavy atom. The third kappa shape index (κ3) is 7.67. The molecule has 0 spiro atoms. The van der Waals surface area contributed by atoms with Crippen molar-refractivity contribution in [2.75, 3.05) is 13.1 Å². The number of nitrogens with zero attached hydrogens (tertiary/aromatic N) is 4. The van der Waals surface area contributed by atoms with E-state index in [4.69, 9.17) is 33.2 Å². The summed E-state index contributed by atoms with van der Waals surface area (Å²) in [5.74, 6) is 0.581. The highest BCUT2D eigenvalue weighted by Gasteiger charge is 2.35. The first-order valence-electron chi connectivity index (χ1n) is 16.6. The predicted molar refractivity (Wildman–Crippen MR) is 206 cm³/mol. The van der Waals surface area contributed by atoms with E-state index in [1.807, 2.05) is 48.5 Å². The molecule has 0 aromatic heterocycles. The van der Waals surface area contributed by atoms with E-state index < -0.39 is 0 Å². The van der Waals surface area contributed by atoms with E-state index in [9.17, 15) is 9.59 Å². The molecule has 0 bridgehead atoms. The Balaban J connectivity index is 1.35. The van der Waals surface area contributed by atoms with Gasteiger partial charge >= 0.3 is 0 Å². The Labute approximate surface area is 304 Å². The zero-order valence-electron chi connectivity index (χ0n) is 29.2. The van der Waals surface area contributed by atoms with Crippen molar-refractivity contribution in [2.45, 2.75) is 52.4 Å². The number of benzene rings is 4. The van der Waals surface area contributed by atoms with Crippen LogP contribution in [0.5, 0.6) is 0 Å². The monoisotopic (exact) mass is 702 g/mol. The normalized spacial score (nSPS) is 16.9. The number of amidine groups is 2. The molecule has 2 aliphatic heterocycles. The molecule has 4 aromatic carbocycles. The molecule has 0 radical (unpaired) electrons. The van der Waals surface area contributed by atoms with Crippen LogP contribution >= 0.6 is 23.2 Å². The lowest BCUT2D eigenvalue weighted by Gasteiger charge is -2.25. The second-order valence-electron chi connectivity index (χ2n) is 14.6. The minimum Gasteiger partial charge on any atom is -0.289 e. The quantitative estimate of drug-likeness (QED) is 0.180. The lowest BCUT2D eigenvalue weighted by molar-refractivity contribution is -0.125. The molecule has 0 aliphatic carbocycles. The Kier molecular flexibility index (Phi) is 9.71. The van der Waals surface area contributed by atoms with Crippen molar-refractivity contribution in [1.29, 1.82) is 0 Å². The number of aliphatic imine (C=N–C) groups is 2. The van der Waals surface area contributed by atoms with Gasteiger partial charge in [0.15, 0.2) is 0 Å². The van der Waals surface area contributed by atoms with Gasteiger partial charge in [-0.1, -0.05) is 138 Å². The average molecular weight is 704 g/mol. The van der Waals surface area contributed by atoms with Crippen molar-refractivity contribution < 1.29 is 9.59 Å². The Morgan fingerprint density at radius 2 is 0.840 bits per heavy atom. The van der Waals surface area contributed by atoms with Crippen molar-refractivity contribution in [3.05, 3.63) is 152 Å². The molecule has 2 aliphatic rings. The second kappa shape index (κ2) is 13.9. The van der Waals surface area contributed by atoms with Crippen LogP contribution in [0.1, 0.15) is 74.9 Å². The number of amides is 2. The van der Waals surface area contributed by atoms with Gasteiger partial charge in [0.2, 0.25) is 0 Å². The van der Waals surface area contributed by atoms with Crippen LogP contribution in [-0.4, -0.2) is 46.4 Å². The largest absolute Gasteiger partial charge is 0.289 e. The molecule has 4 aromatic rings. The summed E-state index contributed by atoms with van der Waals surface area (Å²) >= 11 is 12.2. The Bertz CT molecular complexity index is 1890. The summed E-state index contributed by atoms with van der Waals surface area (Å²) in [6.45, 7) is 13.4. The summed E-state index contributed by atoms with van der Waals surface area (Å²) in [5.41, 5.74) is 6.16. The van der Waals surface area contributed by atoms with E-state index in [2.05, 4.69) is 65.8 Å². The molecule has 2 amide bonds. The first-order chi connectivity index (χ1) is 23.7. The maximum atomic E-state index is 14.1. The molecule has 8 heteroatoms. The van der Waals surface area contributed by atoms with Gasteiger partial charge in [-0.3, -0.25) is 19.4 Å². The summed E-state index contributed by atoms with van der Waals surface area (Å²) in [5, 5.41) is 1.22. The van der Waals surface area contributed by atoms with Crippen molar-refractivity contribution >= 4 is 58.8 Å². The third-order valence-electron chi connectivity index (χ3n) is 8.80. The highest BCUT2D eigenvalue weighted by molar-refractivity contribution is 6.31. The first-order valence-corrected chi connectivity index (χ1v) is 17.4. The number of hydrogen-bond donors (Lipinski definition) is 0. The molecular weight excluding hydrogens is 663 g/mol. The minimum absolute atomic E-state index is 0.0284. The third-order valence-corrected chi connectivity index (χ3v) is 9.31. The van der Waals surface area contributed by atoms with Gasteiger partial charge in [-0.25, -0.2) is 9.98 Å². The molecule has 0 unspecified atom stereocenters. The fourth-order valence-electron chi connectivity index (χ4n) is 5.83. The molecule has 50 heavy (non-hydrogen) atoms. The van der Waals surface area contributed by atoms with Crippen LogP contribution in [0.15, 0.2) is 118 Å². The molecule has 0 saturated heterocycles. The van der Waals surface area contributed by atoms with Gasteiger partial charge in [0.05, 0.1) is 0 Å². The molecule has 254 valence electrons. The maximum absolute atomic E-state index is 14.1. The molecule has 6 nitrogen and oxygen atoms in total.